The lowest BCUT2D eigenvalue weighted by Crippen LogP contribution is -2.14. The molecule has 4 heteroatoms. The molecule has 16 heavy (non-hydrogen) atoms. The van der Waals surface area contributed by atoms with E-state index in [1.807, 2.05) is 12.1 Å². The van der Waals surface area contributed by atoms with E-state index in [1.165, 1.54) is 7.11 Å². The highest BCUT2D eigenvalue weighted by Gasteiger charge is 2.25. The van der Waals surface area contributed by atoms with Crippen molar-refractivity contribution in [2.45, 2.75) is 12.8 Å². The zero-order chi connectivity index (χ0) is 11.7. The number of aliphatic hydroxyl groups is 1. The molecule has 0 aromatic heterocycles. The van der Waals surface area contributed by atoms with Gasteiger partial charge in [0.1, 0.15) is 5.76 Å². The van der Waals surface area contributed by atoms with E-state index in [2.05, 4.69) is 4.74 Å². The summed E-state index contributed by atoms with van der Waals surface area (Å²) < 4.78 is 4.62. The van der Waals surface area contributed by atoms with E-state index >= 15 is 0 Å². The zero-order valence-electron chi connectivity index (χ0n) is 8.79. The third-order valence-electron chi connectivity index (χ3n) is 2.70. The summed E-state index contributed by atoms with van der Waals surface area (Å²) in [5, 5.41) is 10.5. The molecule has 1 aromatic rings. The highest BCUT2D eigenvalue weighted by atomic mass is 35.5. The molecule has 0 heterocycles. The fraction of sp³-hybridized carbons (Fsp3) is 0.250. The van der Waals surface area contributed by atoms with Gasteiger partial charge in [-0.25, -0.2) is 4.79 Å². The topological polar surface area (TPSA) is 46.5 Å². The molecule has 1 aliphatic rings. The molecule has 84 valence electrons. The van der Waals surface area contributed by atoms with Crippen LogP contribution < -0.4 is 0 Å². The first-order chi connectivity index (χ1) is 7.65. The Morgan fingerprint density at radius 3 is 2.88 bits per heavy atom. The molecule has 0 aliphatic heterocycles. The first-order valence-electron chi connectivity index (χ1n) is 4.93. The lowest BCUT2D eigenvalue weighted by atomic mass is 9.90. The number of methoxy groups -OCH3 is 1. The summed E-state index contributed by atoms with van der Waals surface area (Å²) in [6.45, 7) is 0. The molecule has 0 radical (unpaired) electrons. The molecule has 0 bridgehead atoms. The van der Waals surface area contributed by atoms with Gasteiger partial charge in [-0.15, -0.1) is 0 Å². The average molecular weight is 239 g/mol. The fourth-order valence-electron chi connectivity index (χ4n) is 1.89. The van der Waals surface area contributed by atoms with Crippen molar-refractivity contribution in [3.8, 4) is 0 Å². The van der Waals surface area contributed by atoms with Gasteiger partial charge >= 0.3 is 5.97 Å². The molecule has 0 atom stereocenters. The third kappa shape index (κ3) is 1.67. The largest absolute Gasteiger partial charge is 0.507 e. The first kappa shape index (κ1) is 11.0. The average Bonchev–Trinajstić information content (AvgIpc) is 2.28. The van der Waals surface area contributed by atoms with Crippen molar-refractivity contribution >= 4 is 23.3 Å². The molecule has 1 aromatic carbocycles. The number of fused-ring (bicyclic) bond motifs is 1. The summed E-state index contributed by atoms with van der Waals surface area (Å²) in [4.78, 5) is 11.4. The van der Waals surface area contributed by atoms with Gasteiger partial charge in [0.2, 0.25) is 0 Å². The maximum atomic E-state index is 11.4. The van der Waals surface area contributed by atoms with Crippen LogP contribution in [0.2, 0.25) is 5.02 Å². The normalized spacial score (nSPS) is 14.6. The van der Waals surface area contributed by atoms with Gasteiger partial charge in [-0.3, -0.25) is 0 Å². The van der Waals surface area contributed by atoms with E-state index in [9.17, 15) is 9.90 Å². The number of esters is 1. The lowest BCUT2D eigenvalue weighted by Gasteiger charge is -2.19. The Hall–Kier alpha value is -1.48. The summed E-state index contributed by atoms with van der Waals surface area (Å²) in [5.41, 5.74) is 1.80. The zero-order valence-corrected chi connectivity index (χ0v) is 9.54. The maximum Gasteiger partial charge on any atom is 0.337 e. The maximum absolute atomic E-state index is 11.4. The fourth-order valence-corrected chi connectivity index (χ4v) is 2.18. The molecule has 2 rings (SSSR count). The Balaban J connectivity index is 2.57. The number of rotatable bonds is 1. The van der Waals surface area contributed by atoms with Crippen LogP contribution in [0.1, 0.15) is 17.5 Å². The van der Waals surface area contributed by atoms with Crippen molar-refractivity contribution < 1.29 is 14.6 Å². The van der Waals surface area contributed by atoms with Crippen molar-refractivity contribution in [1.29, 1.82) is 0 Å². The summed E-state index contributed by atoms with van der Waals surface area (Å²) in [5.74, 6) is -0.554. The lowest BCUT2D eigenvalue weighted by molar-refractivity contribution is -0.136. The van der Waals surface area contributed by atoms with E-state index in [1.54, 1.807) is 6.07 Å². The van der Waals surface area contributed by atoms with Crippen LogP contribution >= 0.6 is 11.6 Å². The van der Waals surface area contributed by atoms with Gasteiger partial charge in [0.25, 0.3) is 0 Å². The standard InChI is InChI=1S/C12H11ClO3/c1-16-12(15)8-6-5-7-3-2-4-9(13)10(7)11(8)14/h2-4,14H,5-6H2,1H3. The minimum Gasteiger partial charge on any atom is -0.507 e. The monoisotopic (exact) mass is 238 g/mol. The Bertz CT molecular complexity index is 477. The number of ether oxygens (including phenoxy) is 1. The van der Waals surface area contributed by atoms with E-state index in [0.29, 0.717) is 29.0 Å². The highest BCUT2D eigenvalue weighted by molar-refractivity contribution is 6.32. The number of benzene rings is 1. The smallest absolute Gasteiger partial charge is 0.337 e. The van der Waals surface area contributed by atoms with Crippen molar-refractivity contribution in [3.05, 3.63) is 39.9 Å². The molecule has 3 nitrogen and oxygen atoms in total. The molecular weight excluding hydrogens is 228 g/mol. The number of halogens is 1. The SMILES string of the molecule is COC(=O)C1=C(O)c2c(Cl)cccc2CC1. The van der Waals surface area contributed by atoms with Gasteiger partial charge in [-0.1, -0.05) is 23.7 Å². The molecule has 1 N–H and O–H groups in total. The molecule has 0 fully saturated rings. The minimum atomic E-state index is -0.497. The number of aliphatic hydroxyl groups excluding tert-OH is 1. The summed E-state index contributed by atoms with van der Waals surface area (Å²) in [6, 6.07) is 5.42. The van der Waals surface area contributed by atoms with E-state index in [4.69, 9.17) is 11.6 Å². The van der Waals surface area contributed by atoms with E-state index in [-0.39, 0.29) is 5.76 Å². The van der Waals surface area contributed by atoms with Crippen LogP contribution in [0.3, 0.4) is 0 Å². The Morgan fingerprint density at radius 2 is 2.19 bits per heavy atom. The first-order valence-corrected chi connectivity index (χ1v) is 5.31. The molecule has 0 saturated carbocycles. The number of aryl methyl sites for hydroxylation is 1. The molecule has 0 spiro atoms. The molecule has 0 unspecified atom stereocenters. The van der Waals surface area contributed by atoms with Crippen LogP contribution in [-0.4, -0.2) is 18.2 Å². The second kappa shape index (κ2) is 4.18. The van der Waals surface area contributed by atoms with Crippen molar-refractivity contribution in [1.82, 2.24) is 0 Å². The Kier molecular flexibility index (Phi) is 2.88. The van der Waals surface area contributed by atoms with E-state index < -0.39 is 5.97 Å². The van der Waals surface area contributed by atoms with Crippen LogP contribution in [-0.2, 0) is 16.0 Å². The number of carbonyl (C=O) groups excluding carboxylic acids is 1. The highest BCUT2D eigenvalue weighted by Crippen LogP contribution is 2.34. The quantitative estimate of drug-likeness (QED) is 0.766. The van der Waals surface area contributed by atoms with Gasteiger partial charge in [-0.05, 0) is 24.5 Å². The number of carbonyl (C=O) groups is 1. The Labute approximate surface area is 98.3 Å². The van der Waals surface area contributed by atoms with Gasteiger partial charge in [0.15, 0.2) is 0 Å². The summed E-state index contributed by atoms with van der Waals surface area (Å²) in [6.07, 6.45) is 1.16. The van der Waals surface area contributed by atoms with Gasteiger partial charge in [0, 0.05) is 5.56 Å². The van der Waals surface area contributed by atoms with Crippen molar-refractivity contribution in [2.75, 3.05) is 7.11 Å². The minimum absolute atomic E-state index is 0.0568. The second-order valence-electron chi connectivity index (χ2n) is 3.59. The molecule has 0 saturated heterocycles. The predicted octanol–water partition coefficient (Wildman–Crippen LogP) is 2.73. The number of hydrogen-bond acceptors (Lipinski definition) is 3. The van der Waals surface area contributed by atoms with Crippen LogP contribution in [0.25, 0.3) is 5.76 Å². The number of hydrogen-bond donors (Lipinski definition) is 1. The van der Waals surface area contributed by atoms with Crippen LogP contribution in [0, 0.1) is 0 Å². The summed E-state index contributed by atoms with van der Waals surface area (Å²) in [7, 11) is 1.30. The second-order valence-corrected chi connectivity index (χ2v) is 4.00. The predicted molar refractivity (Wildman–Crippen MR) is 61.3 cm³/mol. The van der Waals surface area contributed by atoms with Crippen LogP contribution in [0.15, 0.2) is 23.8 Å². The third-order valence-corrected chi connectivity index (χ3v) is 3.01. The van der Waals surface area contributed by atoms with Crippen molar-refractivity contribution in [3.63, 3.8) is 0 Å². The molecule has 0 amide bonds. The van der Waals surface area contributed by atoms with Crippen molar-refractivity contribution in [2.24, 2.45) is 0 Å². The summed E-state index contributed by atoms with van der Waals surface area (Å²) >= 11 is 6.00. The van der Waals surface area contributed by atoms with Gasteiger partial charge in [-0.2, -0.15) is 0 Å². The Morgan fingerprint density at radius 1 is 1.44 bits per heavy atom. The van der Waals surface area contributed by atoms with Crippen LogP contribution in [0.5, 0.6) is 0 Å². The van der Waals surface area contributed by atoms with Crippen LogP contribution in [0.4, 0.5) is 0 Å². The van der Waals surface area contributed by atoms with Gasteiger partial charge in [0.05, 0.1) is 17.7 Å². The van der Waals surface area contributed by atoms with Gasteiger partial charge < -0.3 is 9.84 Å². The molecule has 1 aliphatic carbocycles. The molecular formula is C12H11ClO3. The van der Waals surface area contributed by atoms with E-state index in [0.717, 1.165) is 5.56 Å².